The Balaban J connectivity index is 0.000000140. The maximum absolute atomic E-state index is 12.1. The molecule has 15 N–H and O–H groups in total. The van der Waals surface area contributed by atoms with Crippen LogP contribution in [0.1, 0.15) is 166 Å². The lowest BCUT2D eigenvalue weighted by molar-refractivity contribution is -0.138. The Bertz CT molecular complexity index is 7020. The van der Waals surface area contributed by atoms with Crippen LogP contribution in [0.3, 0.4) is 0 Å². The molecule has 5 aliphatic rings. The number of hydrogen-bond acceptors (Lipinski definition) is 25. The lowest BCUT2D eigenvalue weighted by Gasteiger charge is -2.13. The second-order valence-electron chi connectivity index (χ2n) is 31.7. The SMILES string of the molecule is CN1CC[C@@](O)(C#Cc2cccc(-c3nc(C(N)=O)n4ccccc34)c2)C1=O.CN1CC[C@@](O)(C#Cc2ccnc(-n3nc(C(N)=O)cc3C3CC3)c2)C1=O.Cc1c(Cl)c(C(N)=O)nn1-c1cc(C#C[C@]2(O)CCN(C)C2=O)ccn1.Cc1cc(C(N)=O)nn1-c1cc(C#C[C@]2(O)CCN(C)C2=O)ccn1.Cc1cc([C@](C)(O)C#Cc2ccnc(-n3nc(C(N)=O)cc3C)c2)no1. The molecule has 11 aromatic heterocycles. The van der Waals surface area contributed by atoms with Crippen LogP contribution < -0.4 is 28.7 Å². The molecule has 0 spiro atoms. The van der Waals surface area contributed by atoms with E-state index in [1.807, 2.05) is 24.3 Å². The van der Waals surface area contributed by atoms with E-state index in [1.54, 1.807) is 175 Å². The smallest absolute Gasteiger partial charge is 0.285 e. The highest BCUT2D eigenvalue weighted by Gasteiger charge is 2.46. The molecule has 1 saturated carbocycles. The molecule has 5 atom stereocenters. The number of nitrogens with two attached hydrogens (primary N) is 5. The zero-order valence-electron chi connectivity index (χ0n) is 72.6. The van der Waals surface area contributed by atoms with Gasteiger partial charge < -0.3 is 78.3 Å². The number of likely N-dealkylation sites (N-methyl/N-ethyl adjacent to an activating group) is 4. The van der Waals surface area contributed by atoms with Gasteiger partial charge in [-0.05, 0) is 138 Å². The third-order valence-corrected chi connectivity index (χ3v) is 22.0. The Morgan fingerprint density at radius 1 is 0.477 bits per heavy atom. The maximum Gasteiger partial charge on any atom is 0.285 e. The summed E-state index contributed by atoms with van der Waals surface area (Å²) in [5.74, 6) is 25.9. The molecule has 12 aromatic rings. The fourth-order valence-corrected chi connectivity index (χ4v) is 14.1. The van der Waals surface area contributed by atoms with Crippen molar-refractivity contribution >= 4 is 70.3 Å². The van der Waals surface area contributed by atoms with Gasteiger partial charge in [0.2, 0.25) is 28.2 Å². The number of carbonyl (C=O) groups excluding carboxylic acids is 9. The van der Waals surface area contributed by atoms with E-state index in [0.29, 0.717) is 117 Å². The summed E-state index contributed by atoms with van der Waals surface area (Å²) in [4.78, 5) is 132. The van der Waals surface area contributed by atoms with Gasteiger partial charge in [0, 0.05) is 173 Å². The minimum atomic E-state index is -1.68. The molecule has 0 unspecified atom stereocenters. The molecule has 17 rings (SSSR count). The van der Waals surface area contributed by atoms with Crippen molar-refractivity contribution < 1.29 is 73.2 Å². The average Bonchev–Trinajstić information content (AvgIpc) is 1.60. The summed E-state index contributed by atoms with van der Waals surface area (Å²) in [7, 11) is 6.53. The molecule has 1 aromatic carbocycles. The van der Waals surface area contributed by atoms with Crippen LogP contribution in [0.2, 0.25) is 5.02 Å². The zero-order chi connectivity index (χ0) is 95.2. The van der Waals surface area contributed by atoms with E-state index < -0.39 is 75.3 Å². The van der Waals surface area contributed by atoms with Crippen molar-refractivity contribution in [2.75, 3.05) is 54.4 Å². The van der Waals surface area contributed by atoms with Crippen LogP contribution in [0.4, 0.5) is 0 Å². The number of imidazole rings is 1. The van der Waals surface area contributed by atoms with Gasteiger partial charge in [-0.15, -0.1) is 0 Å². The van der Waals surface area contributed by atoms with Crippen molar-refractivity contribution in [1.29, 1.82) is 0 Å². The Labute approximate surface area is 758 Å². The van der Waals surface area contributed by atoms with E-state index >= 15 is 0 Å². The van der Waals surface area contributed by atoms with Crippen molar-refractivity contribution in [3.63, 3.8) is 0 Å². The van der Waals surface area contributed by atoms with E-state index in [9.17, 15) is 68.7 Å². The van der Waals surface area contributed by atoms with E-state index in [0.717, 1.165) is 29.6 Å². The second-order valence-corrected chi connectivity index (χ2v) is 32.1. The molecule has 132 heavy (non-hydrogen) atoms. The molecular formula is C92H87ClN24O15. The number of aliphatic hydroxyl groups is 5. The summed E-state index contributed by atoms with van der Waals surface area (Å²) < 4.78 is 12.6. The fourth-order valence-electron chi connectivity index (χ4n) is 13.9. The number of halogens is 1. The first-order chi connectivity index (χ1) is 62.5. The highest BCUT2D eigenvalue weighted by Crippen LogP contribution is 2.41. The third kappa shape index (κ3) is 20.6. The molecule has 0 radical (unpaired) electrons. The van der Waals surface area contributed by atoms with Crippen LogP contribution in [0.15, 0.2) is 151 Å². The maximum atomic E-state index is 12.1. The largest absolute Gasteiger partial charge is 0.372 e. The number of benzene rings is 1. The van der Waals surface area contributed by atoms with Crippen molar-refractivity contribution in [2.45, 2.75) is 107 Å². The van der Waals surface area contributed by atoms with Crippen molar-refractivity contribution in [3.8, 4) is 93.7 Å². The normalized spacial score (nSPS) is 18.6. The number of fused-ring (bicyclic) bond motifs is 1. The molecule has 672 valence electrons. The first kappa shape index (κ1) is 93.3. The fraction of sp³-hybridized carbons (Fsp3) is 0.272. The predicted octanol–water partition coefficient (Wildman–Crippen LogP) is 2.36. The van der Waals surface area contributed by atoms with Gasteiger partial charge in [0.15, 0.2) is 51.6 Å². The van der Waals surface area contributed by atoms with E-state index in [1.165, 1.54) is 53.0 Å². The van der Waals surface area contributed by atoms with Crippen LogP contribution in [0.25, 0.3) is 40.0 Å². The minimum absolute atomic E-state index is 0.0450. The molecule has 1 aliphatic carbocycles. The summed E-state index contributed by atoms with van der Waals surface area (Å²) in [6.07, 6.45) is 11.1. The first-order valence-corrected chi connectivity index (χ1v) is 41.1. The standard InChI is InChI=1S/C21H18N4O3.C19H19N5O3.C18H17N5O3.C17H16ClN5O3.C17H17N5O3/c1-24-12-10-21(28,20(24)27)9-8-14-5-4-6-15(13-14)17-16-7-2-3-11-25(16)19(23-17)18(22)26;1-23-9-7-19(27,18(23)26)6-4-12-5-8-21-16(10-12)24-15(13-2-3-13)11-14(22-24)17(20)25;1-11-8-14(17(19)24)21-23(11)16-10-13(5-7-20-16)4-6-18(3,25)15-9-12(2)26-22-15;1-10-13(18)14(15(19)24)21-23(10)12-9-11(4-7-20-12)3-5-17(26)6-8-22(2)16(17)25;1-11-9-13(15(18)23)20-22(11)14-10-12(4-7-19-14)3-5-17(25)6-8-21(2)16(17)24/h2-7,11,13,28H,10,12H2,1H3,(H2,22,26);5,8,10-11,13,27H,2-3,7,9H2,1H3,(H2,20,25);5,7-10,25H,1-3H3,(H2,19,24);4,7,9,26H,6,8H2,1-2H3,(H2,19,24);4,7,9-10,25H,6,8H2,1-2H3,(H2,18,23)/t21-;19-;18-;2*17-/m00100/s1. The number of aryl methyl sites for hydroxylation is 3. The van der Waals surface area contributed by atoms with E-state index in [4.69, 9.17) is 44.8 Å². The van der Waals surface area contributed by atoms with Gasteiger partial charge in [0.05, 0.1) is 21.9 Å². The van der Waals surface area contributed by atoms with Crippen LogP contribution in [0.5, 0.6) is 0 Å². The second kappa shape index (κ2) is 37.9. The third-order valence-electron chi connectivity index (χ3n) is 21.6. The van der Waals surface area contributed by atoms with Crippen LogP contribution in [-0.2, 0) is 24.8 Å². The first-order valence-electron chi connectivity index (χ1n) is 40.7. The lowest BCUT2D eigenvalue weighted by Crippen LogP contribution is -2.37. The summed E-state index contributed by atoms with van der Waals surface area (Å²) in [6, 6.07) is 32.6. The lowest BCUT2D eigenvalue weighted by atomic mass is 10.0. The van der Waals surface area contributed by atoms with Gasteiger partial charge >= 0.3 is 0 Å². The predicted molar refractivity (Wildman–Crippen MR) is 474 cm³/mol. The number of nitrogens with zero attached hydrogens (tertiary/aromatic N) is 19. The summed E-state index contributed by atoms with van der Waals surface area (Å²) in [6.45, 7) is 10.4. The van der Waals surface area contributed by atoms with Gasteiger partial charge in [0.25, 0.3) is 53.2 Å². The van der Waals surface area contributed by atoms with Crippen molar-refractivity contribution in [3.05, 3.63) is 242 Å². The summed E-state index contributed by atoms with van der Waals surface area (Å²) in [5.41, 5.74) is 27.1. The molecule has 39 nitrogen and oxygen atoms in total. The Hall–Kier alpha value is -16.3. The minimum Gasteiger partial charge on any atom is -0.372 e. The zero-order valence-corrected chi connectivity index (χ0v) is 73.3. The van der Waals surface area contributed by atoms with E-state index in [-0.39, 0.29) is 65.2 Å². The summed E-state index contributed by atoms with van der Waals surface area (Å²) in [5, 5.41) is 72.6. The Kier molecular flexibility index (Phi) is 26.8. The van der Waals surface area contributed by atoms with Crippen LogP contribution in [-0.4, -0.2) is 249 Å². The van der Waals surface area contributed by atoms with Crippen LogP contribution in [0, 0.1) is 86.9 Å². The molecule has 4 aliphatic heterocycles. The van der Waals surface area contributed by atoms with Gasteiger partial charge in [-0.1, -0.05) is 94.2 Å². The molecule has 9 amide bonds. The number of aromatic nitrogens is 15. The number of hydrogen-bond donors (Lipinski definition) is 10. The highest BCUT2D eigenvalue weighted by molar-refractivity contribution is 6.34. The quantitative estimate of drug-likeness (QED) is 0.0785. The molecule has 40 heteroatoms. The van der Waals surface area contributed by atoms with E-state index in [2.05, 4.69) is 110 Å². The molecule has 0 bridgehead atoms. The average molecular weight is 1800 g/mol. The van der Waals surface area contributed by atoms with Gasteiger partial charge in [-0.3, -0.25) is 47.6 Å². The molecule has 15 heterocycles. The van der Waals surface area contributed by atoms with Gasteiger partial charge in [-0.2, -0.15) is 20.4 Å². The Morgan fingerprint density at radius 2 is 0.879 bits per heavy atom. The number of likely N-dealkylation sites (tertiary alicyclic amines) is 4. The number of carbonyl (C=O) groups is 9. The van der Waals surface area contributed by atoms with Crippen molar-refractivity contribution in [1.82, 2.24) is 93.2 Å². The highest BCUT2D eigenvalue weighted by atomic mass is 35.5. The number of pyridine rings is 5. The molecule has 5 fully saturated rings. The summed E-state index contributed by atoms with van der Waals surface area (Å²) >= 11 is 6.08. The Morgan fingerprint density at radius 3 is 1.25 bits per heavy atom. The van der Waals surface area contributed by atoms with Crippen LogP contribution >= 0.6 is 11.6 Å². The van der Waals surface area contributed by atoms with Gasteiger partial charge in [-0.25, -0.2) is 43.6 Å². The van der Waals surface area contributed by atoms with Gasteiger partial charge in [0.1, 0.15) is 11.5 Å². The topological polar surface area (TPSA) is 564 Å². The number of amides is 9. The van der Waals surface area contributed by atoms with Crippen molar-refractivity contribution in [2.24, 2.45) is 28.7 Å². The number of rotatable bonds is 12. The monoisotopic (exact) mass is 1800 g/mol. The number of primary amides is 5. The molecular weight excluding hydrogens is 1720 g/mol. The molecule has 4 saturated heterocycles.